The Morgan fingerprint density at radius 1 is 1.08 bits per heavy atom. The van der Waals surface area contributed by atoms with E-state index in [4.69, 9.17) is 4.74 Å². The molecule has 4 nitrogen and oxygen atoms in total. The molecule has 0 spiro atoms. The first kappa shape index (κ1) is 16.1. The molecule has 0 N–H and O–H groups in total. The van der Waals surface area contributed by atoms with E-state index in [1.54, 1.807) is 0 Å². The van der Waals surface area contributed by atoms with Crippen molar-refractivity contribution in [2.75, 3.05) is 39.3 Å². The van der Waals surface area contributed by atoms with Crippen molar-refractivity contribution < 1.29 is 9.53 Å². The van der Waals surface area contributed by atoms with Gasteiger partial charge in [-0.15, -0.1) is 0 Å². The fourth-order valence-corrected chi connectivity index (χ4v) is 4.43. The summed E-state index contributed by atoms with van der Waals surface area (Å²) in [5.74, 6) is 0.358. The zero-order valence-electron chi connectivity index (χ0n) is 14.5. The minimum absolute atomic E-state index is 0.238. The average Bonchev–Trinajstić information content (AvgIpc) is 3.08. The highest BCUT2D eigenvalue weighted by molar-refractivity contribution is 5.89. The fourth-order valence-electron chi connectivity index (χ4n) is 4.43. The molecule has 4 heteroatoms. The van der Waals surface area contributed by atoms with Crippen LogP contribution in [0.4, 0.5) is 0 Å². The van der Waals surface area contributed by atoms with E-state index in [9.17, 15) is 4.79 Å². The first-order chi connectivity index (χ1) is 11.8. The number of carbonyl (C=O) groups is 1. The summed E-state index contributed by atoms with van der Waals surface area (Å²) in [6, 6.07) is 10.4. The fraction of sp³-hybridized carbons (Fsp3) is 0.650. The summed E-state index contributed by atoms with van der Waals surface area (Å²) >= 11 is 0. The Hall–Kier alpha value is -1.39. The van der Waals surface area contributed by atoms with Crippen LogP contribution in [0.25, 0.3) is 0 Å². The number of nitrogens with zero attached hydrogens (tertiary/aromatic N) is 2. The van der Waals surface area contributed by atoms with Crippen LogP contribution in [0.3, 0.4) is 0 Å². The lowest BCUT2D eigenvalue weighted by atomic mass is 9.63. The summed E-state index contributed by atoms with van der Waals surface area (Å²) in [6.07, 6.45) is 5.98. The van der Waals surface area contributed by atoms with Gasteiger partial charge in [-0.2, -0.15) is 0 Å². The molecule has 0 radical (unpaired) electrons. The number of hydrogen-bond donors (Lipinski definition) is 0. The Morgan fingerprint density at radius 2 is 1.83 bits per heavy atom. The van der Waals surface area contributed by atoms with Crippen LogP contribution in [-0.2, 0) is 14.9 Å². The second-order valence-electron chi connectivity index (χ2n) is 7.53. The van der Waals surface area contributed by atoms with Crippen molar-refractivity contribution in [2.45, 2.75) is 43.6 Å². The SMILES string of the molecule is O=C(N1CCN(CC2CCCO2)CC1)C1(c2ccccc2)CCC1. The summed E-state index contributed by atoms with van der Waals surface area (Å²) in [6.45, 7) is 5.64. The minimum atomic E-state index is -0.238. The molecule has 1 saturated carbocycles. The maximum atomic E-state index is 13.2. The van der Waals surface area contributed by atoms with Gasteiger partial charge >= 0.3 is 0 Å². The third kappa shape index (κ3) is 2.98. The Kier molecular flexibility index (Phi) is 4.59. The molecular formula is C20H28N2O2. The van der Waals surface area contributed by atoms with Gasteiger partial charge in [-0.05, 0) is 31.2 Å². The van der Waals surface area contributed by atoms with E-state index in [1.165, 1.54) is 24.8 Å². The molecule has 1 atom stereocenters. The van der Waals surface area contributed by atoms with Crippen LogP contribution in [0.2, 0.25) is 0 Å². The Morgan fingerprint density at radius 3 is 2.42 bits per heavy atom. The lowest BCUT2D eigenvalue weighted by molar-refractivity contribution is -0.143. The van der Waals surface area contributed by atoms with E-state index in [-0.39, 0.29) is 5.41 Å². The number of piperazine rings is 1. The summed E-state index contributed by atoms with van der Waals surface area (Å²) < 4.78 is 5.75. The summed E-state index contributed by atoms with van der Waals surface area (Å²) in [4.78, 5) is 17.8. The summed E-state index contributed by atoms with van der Waals surface area (Å²) in [5, 5.41) is 0. The van der Waals surface area contributed by atoms with Crippen LogP contribution in [0.1, 0.15) is 37.7 Å². The third-order valence-electron chi connectivity index (χ3n) is 6.09. The molecule has 0 aromatic heterocycles. The van der Waals surface area contributed by atoms with E-state index < -0.39 is 0 Å². The molecule has 1 aliphatic carbocycles. The smallest absolute Gasteiger partial charge is 0.233 e. The Bertz CT molecular complexity index is 556. The van der Waals surface area contributed by atoms with Gasteiger partial charge in [0.15, 0.2) is 0 Å². The predicted molar refractivity (Wildman–Crippen MR) is 94.0 cm³/mol. The lowest BCUT2D eigenvalue weighted by Crippen LogP contribution is -2.57. The molecule has 3 aliphatic rings. The summed E-state index contributed by atoms with van der Waals surface area (Å²) in [7, 11) is 0. The molecule has 0 bridgehead atoms. The first-order valence-corrected chi connectivity index (χ1v) is 9.47. The van der Waals surface area contributed by atoms with Crippen molar-refractivity contribution in [3.8, 4) is 0 Å². The van der Waals surface area contributed by atoms with Crippen LogP contribution < -0.4 is 0 Å². The number of benzene rings is 1. The van der Waals surface area contributed by atoms with Gasteiger partial charge in [-0.3, -0.25) is 9.69 Å². The van der Waals surface area contributed by atoms with Crippen molar-refractivity contribution in [3.63, 3.8) is 0 Å². The molecule has 2 heterocycles. The highest BCUT2D eigenvalue weighted by atomic mass is 16.5. The number of rotatable bonds is 4. The predicted octanol–water partition coefficient (Wildman–Crippen LogP) is 2.43. The van der Waals surface area contributed by atoms with Gasteiger partial charge in [0.2, 0.25) is 5.91 Å². The van der Waals surface area contributed by atoms with Crippen molar-refractivity contribution >= 4 is 5.91 Å². The van der Waals surface area contributed by atoms with Gasteiger partial charge in [0.05, 0.1) is 11.5 Å². The van der Waals surface area contributed by atoms with E-state index in [0.29, 0.717) is 12.0 Å². The molecule has 1 unspecified atom stereocenters. The molecule has 4 rings (SSSR count). The van der Waals surface area contributed by atoms with E-state index in [1.807, 2.05) is 6.07 Å². The van der Waals surface area contributed by atoms with Gasteiger partial charge in [-0.25, -0.2) is 0 Å². The maximum absolute atomic E-state index is 13.2. The lowest BCUT2D eigenvalue weighted by Gasteiger charge is -2.46. The number of carbonyl (C=O) groups excluding carboxylic acids is 1. The Balaban J connectivity index is 1.37. The largest absolute Gasteiger partial charge is 0.377 e. The van der Waals surface area contributed by atoms with Crippen molar-refractivity contribution in [1.29, 1.82) is 0 Å². The third-order valence-corrected chi connectivity index (χ3v) is 6.09. The zero-order chi connectivity index (χ0) is 16.4. The molecule has 24 heavy (non-hydrogen) atoms. The molecule has 2 saturated heterocycles. The van der Waals surface area contributed by atoms with E-state index >= 15 is 0 Å². The molecule has 1 aromatic rings. The molecule has 1 amide bonds. The second kappa shape index (κ2) is 6.85. The van der Waals surface area contributed by atoms with Crippen LogP contribution >= 0.6 is 0 Å². The van der Waals surface area contributed by atoms with E-state index in [2.05, 4.69) is 34.1 Å². The number of hydrogen-bond acceptors (Lipinski definition) is 3. The Labute approximate surface area is 144 Å². The van der Waals surface area contributed by atoms with Crippen molar-refractivity contribution in [2.24, 2.45) is 0 Å². The monoisotopic (exact) mass is 328 g/mol. The maximum Gasteiger partial charge on any atom is 0.233 e. The molecule has 2 aliphatic heterocycles. The van der Waals surface area contributed by atoms with Gasteiger partial charge in [0.25, 0.3) is 0 Å². The van der Waals surface area contributed by atoms with Gasteiger partial charge in [-0.1, -0.05) is 36.8 Å². The highest BCUT2D eigenvalue weighted by Crippen LogP contribution is 2.45. The van der Waals surface area contributed by atoms with Crippen LogP contribution in [0.15, 0.2) is 30.3 Å². The quantitative estimate of drug-likeness (QED) is 0.851. The summed E-state index contributed by atoms with van der Waals surface area (Å²) in [5.41, 5.74) is 0.973. The van der Waals surface area contributed by atoms with Crippen LogP contribution in [0.5, 0.6) is 0 Å². The van der Waals surface area contributed by atoms with Gasteiger partial charge in [0.1, 0.15) is 0 Å². The number of amides is 1. The highest BCUT2D eigenvalue weighted by Gasteiger charge is 2.47. The minimum Gasteiger partial charge on any atom is -0.377 e. The standard InChI is InChI=1S/C20H28N2O2/c23-19(20(9-5-10-20)17-6-2-1-3-7-17)22-13-11-21(12-14-22)16-18-8-4-15-24-18/h1-3,6-7,18H,4-5,8-16H2. The first-order valence-electron chi connectivity index (χ1n) is 9.47. The van der Waals surface area contributed by atoms with Crippen molar-refractivity contribution in [1.82, 2.24) is 9.80 Å². The zero-order valence-corrected chi connectivity index (χ0v) is 14.5. The van der Waals surface area contributed by atoms with Crippen LogP contribution in [0, 0.1) is 0 Å². The van der Waals surface area contributed by atoms with Gasteiger partial charge < -0.3 is 9.64 Å². The number of ether oxygens (including phenoxy) is 1. The topological polar surface area (TPSA) is 32.8 Å². The van der Waals surface area contributed by atoms with Gasteiger partial charge in [0, 0.05) is 39.3 Å². The van der Waals surface area contributed by atoms with Crippen LogP contribution in [-0.4, -0.2) is 61.1 Å². The molecule has 3 fully saturated rings. The van der Waals surface area contributed by atoms with Crippen molar-refractivity contribution in [3.05, 3.63) is 35.9 Å². The molecular weight excluding hydrogens is 300 g/mol. The second-order valence-corrected chi connectivity index (χ2v) is 7.53. The van der Waals surface area contributed by atoms with E-state index in [0.717, 1.165) is 52.2 Å². The normalized spacial score (nSPS) is 27.0. The average molecular weight is 328 g/mol. The molecule has 130 valence electrons. The molecule has 1 aromatic carbocycles.